The van der Waals surface area contributed by atoms with Gasteiger partial charge in [-0.1, -0.05) is 0 Å². The normalized spacial score (nSPS) is 11.7. The average Bonchev–Trinajstić information content (AvgIpc) is 1.89. The average molecular weight is 138 g/mol. The molecule has 0 aliphatic rings. The van der Waals surface area contributed by atoms with E-state index in [1.54, 1.807) is 0 Å². The topological polar surface area (TPSA) is 80.9 Å². The van der Waals surface area contributed by atoms with E-state index in [2.05, 4.69) is 0 Å². The second kappa shape index (κ2) is 10.8. The SMILES string of the molecule is C[C@H](O)CO.OCCO. The van der Waals surface area contributed by atoms with Crippen LogP contribution in [0, 0.1) is 0 Å². The van der Waals surface area contributed by atoms with Gasteiger partial charge in [-0.3, -0.25) is 0 Å². The van der Waals surface area contributed by atoms with Crippen LogP contribution in [-0.2, 0) is 0 Å². The van der Waals surface area contributed by atoms with E-state index in [1.165, 1.54) is 6.92 Å². The largest absolute Gasteiger partial charge is 0.394 e. The quantitative estimate of drug-likeness (QED) is 0.368. The van der Waals surface area contributed by atoms with Gasteiger partial charge in [0.15, 0.2) is 0 Å². The monoisotopic (exact) mass is 138 g/mol. The molecule has 0 aromatic heterocycles. The highest BCUT2D eigenvalue weighted by atomic mass is 16.3. The molecule has 0 amide bonds. The van der Waals surface area contributed by atoms with E-state index >= 15 is 0 Å². The maximum atomic E-state index is 8.11. The molecule has 9 heavy (non-hydrogen) atoms. The second-order valence-electron chi connectivity index (χ2n) is 1.48. The molecule has 0 spiro atoms. The first-order valence-corrected chi connectivity index (χ1v) is 2.69. The van der Waals surface area contributed by atoms with Gasteiger partial charge in [0.1, 0.15) is 0 Å². The van der Waals surface area contributed by atoms with E-state index in [9.17, 15) is 0 Å². The maximum absolute atomic E-state index is 8.11. The Kier molecular flexibility index (Phi) is 13.9. The lowest BCUT2D eigenvalue weighted by Gasteiger charge is -1.90. The van der Waals surface area contributed by atoms with Crippen molar-refractivity contribution in [1.29, 1.82) is 0 Å². The molecular formula is C5H14O4. The standard InChI is InChI=1S/C3H8O2.C2H6O2/c1-3(5)2-4;3-1-2-4/h3-5H,2H2,1H3;3-4H,1-2H2/t3-;/m0./s1. The van der Waals surface area contributed by atoms with E-state index < -0.39 is 6.10 Å². The number of hydrogen-bond acceptors (Lipinski definition) is 4. The molecule has 0 aromatic rings. The molecule has 4 N–H and O–H groups in total. The van der Waals surface area contributed by atoms with Crippen LogP contribution in [0.3, 0.4) is 0 Å². The summed E-state index contributed by atoms with van der Waals surface area (Å²) in [6, 6.07) is 0. The molecule has 0 aromatic carbocycles. The first-order valence-electron chi connectivity index (χ1n) is 2.69. The van der Waals surface area contributed by atoms with Crippen LogP contribution in [0.2, 0.25) is 0 Å². The van der Waals surface area contributed by atoms with E-state index in [4.69, 9.17) is 20.4 Å². The van der Waals surface area contributed by atoms with Gasteiger partial charge in [-0.25, -0.2) is 0 Å². The van der Waals surface area contributed by atoms with Crippen molar-refractivity contribution in [3.05, 3.63) is 0 Å². The summed E-state index contributed by atoms with van der Waals surface area (Å²) in [5.74, 6) is 0. The Labute approximate surface area is 54.4 Å². The molecule has 0 saturated carbocycles. The molecule has 0 bridgehead atoms. The Morgan fingerprint density at radius 3 is 1.33 bits per heavy atom. The first-order chi connectivity index (χ1) is 4.18. The van der Waals surface area contributed by atoms with Gasteiger partial charge in [0.2, 0.25) is 0 Å². The maximum Gasteiger partial charge on any atom is 0.0742 e. The Morgan fingerprint density at radius 2 is 1.33 bits per heavy atom. The van der Waals surface area contributed by atoms with Crippen LogP contribution in [0.5, 0.6) is 0 Å². The van der Waals surface area contributed by atoms with Crippen molar-refractivity contribution in [3.8, 4) is 0 Å². The Bertz CT molecular complexity index is 35.9. The summed E-state index contributed by atoms with van der Waals surface area (Å²) < 4.78 is 0. The molecule has 0 aliphatic heterocycles. The lowest BCUT2D eigenvalue weighted by atomic mass is 10.5. The molecule has 0 radical (unpaired) electrons. The van der Waals surface area contributed by atoms with Gasteiger partial charge in [0.05, 0.1) is 25.9 Å². The van der Waals surface area contributed by atoms with Crippen LogP contribution in [0.4, 0.5) is 0 Å². The minimum atomic E-state index is -0.560. The van der Waals surface area contributed by atoms with E-state index in [0.717, 1.165) is 0 Å². The fourth-order valence-corrected chi connectivity index (χ4v) is 0. The number of hydrogen-bond donors (Lipinski definition) is 4. The van der Waals surface area contributed by atoms with Crippen molar-refractivity contribution in [3.63, 3.8) is 0 Å². The van der Waals surface area contributed by atoms with Crippen molar-refractivity contribution in [2.75, 3.05) is 19.8 Å². The highest BCUT2D eigenvalue weighted by molar-refractivity contribution is 4.34. The molecule has 58 valence electrons. The van der Waals surface area contributed by atoms with Gasteiger partial charge < -0.3 is 20.4 Å². The number of aliphatic hydroxyl groups excluding tert-OH is 4. The van der Waals surface area contributed by atoms with E-state index in [-0.39, 0.29) is 19.8 Å². The second-order valence-corrected chi connectivity index (χ2v) is 1.48. The molecule has 0 unspecified atom stereocenters. The Balaban J connectivity index is 0. The summed E-state index contributed by atoms with van der Waals surface area (Å²) in [6.45, 7) is 1.14. The summed E-state index contributed by atoms with van der Waals surface area (Å²) in [5.41, 5.74) is 0. The molecule has 0 fully saturated rings. The van der Waals surface area contributed by atoms with Crippen LogP contribution < -0.4 is 0 Å². The summed E-state index contributed by atoms with van der Waals surface area (Å²) in [5, 5.41) is 31.3. The van der Waals surface area contributed by atoms with Gasteiger partial charge in [-0.2, -0.15) is 0 Å². The third-order valence-electron chi connectivity index (χ3n) is 0.364. The zero-order valence-corrected chi connectivity index (χ0v) is 5.49. The number of aliphatic hydroxyl groups is 4. The minimum absolute atomic E-state index is 0.125. The van der Waals surface area contributed by atoms with Crippen molar-refractivity contribution in [2.45, 2.75) is 13.0 Å². The highest BCUT2D eigenvalue weighted by Crippen LogP contribution is 1.68. The van der Waals surface area contributed by atoms with Crippen molar-refractivity contribution in [1.82, 2.24) is 0 Å². The predicted octanol–water partition coefficient (Wildman–Crippen LogP) is -1.67. The molecule has 4 nitrogen and oxygen atoms in total. The van der Waals surface area contributed by atoms with Gasteiger partial charge in [-0.05, 0) is 6.92 Å². The van der Waals surface area contributed by atoms with Gasteiger partial charge >= 0.3 is 0 Å². The van der Waals surface area contributed by atoms with E-state index in [0.29, 0.717) is 0 Å². The first kappa shape index (κ1) is 11.6. The molecule has 0 aliphatic carbocycles. The fraction of sp³-hybridized carbons (Fsp3) is 1.00. The summed E-state index contributed by atoms with van der Waals surface area (Å²) in [4.78, 5) is 0. The molecule has 0 saturated heterocycles. The Hall–Kier alpha value is -0.160. The summed E-state index contributed by atoms with van der Waals surface area (Å²) in [7, 11) is 0. The molecule has 0 heterocycles. The van der Waals surface area contributed by atoms with Gasteiger partial charge in [-0.15, -0.1) is 0 Å². The fourth-order valence-electron chi connectivity index (χ4n) is 0. The number of rotatable bonds is 2. The van der Waals surface area contributed by atoms with E-state index in [1.807, 2.05) is 0 Å². The molecule has 0 rings (SSSR count). The van der Waals surface area contributed by atoms with Crippen LogP contribution >= 0.6 is 0 Å². The predicted molar refractivity (Wildman–Crippen MR) is 32.9 cm³/mol. The van der Waals surface area contributed by atoms with Gasteiger partial charge in [0, 0.05) is 0 Å². The Morgan fingerprint density at radius 1 is 1.11 bits per heavy atom. The van der Waals surface area contributed by atoms with Crippen molar-refractivity contribution >= 4 is 0 Å². The lowest BCUT2D eigenvalue weighted by molar-refractivity contribution is 0.110. The van der Waals surface area contributed by atoms with Crippen LogP contribution in [0.1, 0.15) is 6.92 Å². The van der Waals surface area contributed by atoms with Crippen molar-refractivity contribution < 1.29 is 20.4 Å². The summed E-state index contributed by atoms with van der Waals surface area (Å²) in [6.07, 6.45) is -0.560. The smallest absolute Gasteiger partial charge is 0.0742 e. The minimum Gasteiger partial charge on any atom is -0.394 e. The van der Waals surface area contributed by atoms with Crippen LogP contribution in [0.15, 0.2) is 0 Å². The van der Waals surface area contributed by atoms with Crippen LogP contribution in [-0.4, -0.2) is 46.4 Å². The zero-order valence-electron chi connectivity index (χ0n) is 5.49. The van der Waals surface area contributed by atoms with Crippen LogP contribution in [0.25, 0.3) is 0 Å². The van der Waals surface area contributed by atoms with Crippen molar-refractivity contribution in [2.24, 2.45) is 0 Å². The summed E-state index contributed by atoms with van der Waals surface area (Å²) >= 11 is 0. The van der Waals surface area contributed by atoms with Gasteiger partial charge in [0.25, 0.3) is 0 Å². The lowest BCUT2D eigenvalue weighted by Crippen LogP contribution is -2.03. The zero-order chi connectivity index (χ0) is 7.70. The molecular weight excluding hydrogens is 124 g/mol. The third-order valence-corrected chi connectivity index (χ3v) is 0.364. The third kappa shape index (κ3) is 33.2. The highest BCUT2D eigenvalue weighted by Gasteiger charge is 1.83. The molecule has 1 atom stereocenters. The molecule has 4 heteroatoms.